The molecule has 19 heavy (non-hydrogen) atoms. The Morgan fingerprint density at radius 1 is 1.37 bits per heavy atom. The zero-order chi connectivity index (χ0) is 14.1. The molecular formula is C16H28N2S. The van der Waals surface area contributed by atoms with Crippen molar-refractivity contribution in [1.82, 2.24) is 4.90 Å². The van der Waals surface area contributed by atoms with Crippen molar-refractivity contribution in [3.63, 3.8) is 0 Å². The Bertz CT molecular complexity index is 397. The van der Waals surface area contributed by atoms with Crippen molar-refractivity contribution < 1.29 is 0 Å². The zero-order valence-electron chi connectivity index (χ0n) is 12.8. The Balaban J connectivity index is 2.31. The highest BCUT2D eigenvalue weighted by Crippen LogP contribution is 2.50. The van der Waals surface area contributed by atoms with Crippen LogP contribution < -0.4 is 5.73 Å². The SMILES string of the molecule is CC(C)N(Cc1cccs1)C1(CN)CCCC1(C)C. The number of nitrogens with zero attached hydrogens (tertiary/aromatic N) is 1. The summed E-state index contributed by atoms with van der Waals surface area (Å²) in [4.78, 5) is 4.11. The Morgan fingerprint density at radius 2 is 2.11 bits per heavy atom. The first-order chi connectivity index (χ1) is 8.93. The molecule has 1 atom stereocenters. The quantitative estimate of drug-likeness (QED) is 0.887. The van der Waals surface area contributed by atoms with Gasteiger partial charge in [-0.15, -0.1) is 11.3 Å². The van der Waals surface area contributed by atoms with Gasteiger partial charge in [-0.2, -0.15) is 0 Å². The molecule has 1 aromatic rings. The average molecular weight is 280 g/mol. The van der Waals surface area contributed by atoms with E-state index in [0.717, 1.165) is 13.1 Å². The van der Waals surface area contributed by atoms with Crippen LogP contribution in [0.5, 0.6) is 0 Å². The first kappa shape index (κ1) is 15.0. The summed E-state index contributed by atoms with van der Waals surface area (Å²) in [6, 6.07) is 4.92. The minimum absolute atomic E-state index is 0.158. The summed E-state index contributed by atoms with van der Waals surface area (Å²) in [5, 5.41) is 2.17. The van der Waals surface area contributed by atoms with Crippen LogP contribution in [0.25, 0.3) is 0 Å². The van der Waals surface area contributed by atoms with Crippen LogP contribution >= 0.6 is 11.3 Å². The van der Waals surface area contributed by atoms with Crippen LogP contribution in [0.2, 0.25) is 0 Å². The third-order valence-electron chi connectivity index (χ3n) is 5.07. The van der Waals surface area contributed by atoms with Crippen molar-refractivity contribution in [2.24, 2.45) is 11.1 Å². The van der Waals surface area contributed by atoms with Crippen LogP contribution in [-0.4, -0.2) is 23.0 Å². The van der Waals surface area contributed by atoms with Crippen LogP contribution in [0.1, 0.15) is 51.8 Å². The van der Waals surface area contributed by atoms with Gasteiger partial charge < -0.3 is 5.73 Å². The standard InChI is InChI=1S/C16H28N2S/c1-13(2)18(11-14-7-5-10-19-14)16(12-17)9-6-8-15(16,3)4/h5,7,10,13H,6,8-9,11-12,17H2,1-4H3. The summed E-state index contributed by atoms with van der Waals surface area (Å²) in [5.74, 6) is 0. The van der Waals surface area contributed by atoms with E-state index in [9.17, 15) is 0 Å². The van der Waals surface area contributed by atoms with Gasteiger partial charge in [0.05, 0.1) is 0 Å². The van der Waals surface area contributed by atoms with Gasteiger partial charge in [-0.05, 0) is 43.6 Å². The highest BCUT2D eigenvalue weighted by molar-refractivity contribution is 7.09. The fraction of sp³-hybridized carbons (Fsp3) is 0.750. The second-order valence-electron chi connectivity index (χ2n) is 6.77. The van der Waals surface area contributed by atoms with E-state index in [-0.39, 0.29) is 5.54 Å². The number of hydrogen-bond acceptors (Lipinski definition) is 3. The minimum Gasteiger partial charge on any atom is -0.329 e. The van der Waals surface area contributed by atoms with E-state index in [0.29, 0.717) is 11.5 Å². The summed E-state index contributed by atoms with van der Waals surface area (Å²) >= 11 is 1.85. The maximum absolute atomic E-state index is 6.27. The zero-order valence-corrected chi connectivity index (χ0v) is 13.6. The average Bonchev–Trinajstić information content (AvgIpc) is 2.93. The third-order valence-corrected chi connectivity index (χ3v) is 5.93. The minimum atomic E-state index is 0.158. The highest BCUT2D eigenvalue weighted by Gasteiger charge is 2.52. The normalized spacial score (nSPS) is 26.5. The van der Waals surface area contributed by atoms with E-state index in [4.69, 9.17) is 5.73 Å². The maximum Gasteiger partial charge on any atom is 0.0389 e. The van der Waals surface area contributed by atoms with E-state index in [1.807, 2.05) is 11.3 Å². The molecule has 2 nitrogen and oxygen atoms in total. The second-order valence-corrected chi connectivity index (χ2v) is 7.81. The van der Waals surface area contributed by atoms with Crippen molar-refractivity contribution in [3.05, 3.63) is 22.4 Å². The molecule has 3 heteroatoms. The van der Waals surface area contributed by atoms with E-state index >= 15 is 0 Å². The summed E-state index contributed by atoms with van der Waals surface area (Å²) < 4.78 is 0. The first-order valence-corrected chi connectivity index (χ1v) is 8.30. The lowest BCUT2D eigenvalue weighted by Gasteiger charge is -2.51. The largest absolute Gasteiger partial charge is 0.329 e. The van der Waals surface area contributed by atoms with Crippen LogP contribution in [0.15, 0.2) is 17.5 Å². The van der Waals surface area contributed by atoms with Crippen LogP contribution in [-0.2, 0) is 6.54 Å². The fourth-order valence-corrected chi connectivity index (χ4v) is 4.52. The molecule has 108 valence electrons. The molecule has 1 aliphatic rings. The maximum atomic E-state index is 6.27. The third kappa shape index (κ3) is 2.61. The number of rotatable bonds is 5. The number of thiophene rings is 1. The fourth-order valence-electron chi connectivity index (χ4n) is 3.82. The van der Waals surface area contributed by atoms with Gasteiger partial charge in [0, 0.05) is 29.5 Å². The number of nitrogens with two attached hydrogens (primary N) is 1. The molecule has 1 unspecified atom stereocenters. The van der Waals surface area contributed by atoms with Gasteiger partial charge >= 0.3 is 0 Å². The molecule has 2 N–H and O–H groups in total. The van der Waals surface area contributed by atoms with Crippen molar-refractivity contribution >= 4 is 11.3 Å². The van der Waals surface area contributed by atoms with Gasteiger partial charge in [0.25, 0.3) is 0 Å². The molecule has 0 radical (unpaired) electrons. The molecule has 1 saturated carbocycles. The topological polar surface area (TPSA) is 29.3 Å². The molecule has 2 rings (SSSR count). The van der Waals surface area contributed by atoms with Crippen LogP contribution in [0, 0.1) is 5.41 Å². The molecule has 1 heterocycles. The molecule has 1 aromatic heterocycles. The van der Waals surface area contributed by atoms with E-state index in [1.54, 1.807) is 0 Å². The first-order valence-electron chi connectivity index (χ1n) is 7.42. The molecule has 0 aromatic carbocycles. The van der Waals surface area contributed by atoms with Gasteiger partial charge in [0.15, 0.2) is 0 Å². The van der Waals surface area contributed by atoms with Crippen molar-refractivity contribution in [3.8, 4) is 0 Å². The van der Waals surface area contributed by atoms with E-state index < -0.39 is 0 Å². The van der Waals surface area contributed by atoms with Gasteiger partial charge in [0.2, 0.25) is 0 Å². The molecule has 1 fully saturated rings. The van der Waals surface area contributed by atoms with E-state index in [2.05, 4.69) is 50.1 Å². The molecule has 0 bridgehead atoms. The Hall–Kier alpha value is -0.380. The predicted molar refractivity (Wildman–Crippen MR) is 84.4 cm³/mol. The molecule has 1 aliphatic carbocycles. The molecule has 0 aliphatic heterocycles. The molecule has 0 saturated heterocycles. The van der Waals surface area contributed by atoms with Gasteiger partial charge in [-0.1, -0.05) is 26.3 Å². The summed E-state index contributed by atoms with van der Waals surface area (Å²) in [6.07, 6.45) is 3.83. The Labute approximate surface area is 122 Å². The lowest BCUT2D eigenvalue weighted by Crippen LogP contribution is -2.61. The summed E-state index contributed by atoms with van der Waals surface area (Å²) in [7, 11) is 0. The van der Waals surface area contributed by atoms with Gasteiger partial charge in [0.1, 0.15) is 0 Å². The van der Waals surface area contributed by atoms with Crippen molar-refractivity contribution in [1.29, 1.82) is 0 Å². The van der Waals surface area contributed by atoms with Crippen molar-refractivity contribution in [2.45, 2.75) is 65.1 Å². The lowest BCUT2D eigenvalue weighted by atomic mass is 9.73. The lowest BCUT2D eigenvalue weighted by molar-refractivity contribution is -0.0159. The van der Waals surface area contributed by atoms with Crippen LogP contribution in [0.4, 0.5) is 0 Å². The Morgan fingerprint density at radius 3 is 2.53 bits per heavy atom. The van der Waals surface area contributed by atoms with E-state index in [1.165, 1.54) is 24.1 Å². The second kappa shape index (κ2) is 5.55. The van der Waals surface area contributed by atoms with Crippen molar-refractivity contribution in [2.75, 3.05) is 6.54 Å². The Kier molecular flexibility index (Phi) is 4.38. The smallest absolute Gasteiger partial charge is 0.0389 e. The summed E-state index contributed by atoms with van der Waals surface area (Å²) in [5.41, 5.74) is 6.74. The summed E-state index contributed by atoms with van der Waals surface area (Å²) in [6.45, 7) is 11.2. The molecular weight excluding hydrogens is 252 g/mol. The molecule has 0 amide bonds. The molecule has 0 spiro atoms. The number of hydrogen-bond donors (Lipinski definition) is 1. The van der Waals surface area contributed by atoms with Gasteiger partial charge in [-0.3, -0.25) is 4.90 Å². The monoisotopic (exact) mass is 280 g/mol. The highest BCUT2D eigenvalue weighted by atomic mass is 32.1. The predicted octanol–water partition coefficient (Wildman–Crippen LogP) is 3.87. The van der Waals surface area contributed by atoms with Gasteiger partial charge in [-0.25, -0.2) is 0 Å². The van der Waals surface area contributed by atoms with Crippen LogP contribution in [0.3, 0.4) is 0 Å².